The third-order valence-electron chi connectivity index (χ3n) is 5.31. The minimum atomic E-state index is -1.51. The Morgan fingerprint density at radius 2 is 1.75 bits per heavy atom. The molecule has 1 aromatic carbocycles. The Morgan fingerprint density at radius 3 is 2.32 bits per heavy atom. The molecule has 1 aliphatic heterocycles. The summed E-state index contributed by atoms with van der Waals surface area (Å²) in [5.41, 5.74) is 1.33. The van der Waals surface area contributed by atoms with Gasteiger partial charge < -0.3 is 14.0 Å². The van der Waals surface area contributed by atoms with Gasteiger partial charge in [0.1, 0.15) is 5.75 Å². The van der Waals surface area contributed by atoms with E-state index < -0.39 is 30.1 Å². The van der Waals surface area contributed by atoms with Crippen LogP contribution >= 0.6 is 0 Å². The van der Waals surface area contributed by atoms with Crippen molar-refractivity contribution < 1.29 is 16.8 Å². The molecule has 1 aliphatic rings. The molecule has 3 rings (SSSR count). The smallest absolute Gasteiger partial charge is 0.496 e. The van der Waals surface area contributed by atoms with Gasteiger partial charge in [-0.3, -0.25) is 4.98 Å². The standard InChI is InChI=1S/C23H32BNO3/c1-21(2,3)15-16-12-13-25-19(14-16)17-10-9-11-18(20(17)26-8)24-27-22(4,5)23(6,7)28-24/h9-14H,15H2,1-8H3/i15D2. The van der Waals surface area contributed by atoms with E-state index in [-0.39, 0.29) is 0 Å². The van der Waals surface area contributed by atoms with Crippen LogP contribution in [-0.4, -0.2) is 30.4 Å². The maximum absolute atomic E-state index is 8.61. The van der Waals surface area contributed by atoms with E-state index in [9.17, 15) is 0 Å². The molecule has 4 nitrogen and oxygen atoms in total. The maximum atomic E-state index is 8.61. The molecule has 0 amide bonds. The number of rotatable bonds is 4. The van der Waals surface area contributed by atoms with Crippen molar-refractivity contribution in [1.29, 1.82) is 0 Å². The van der Waals surface area contributed by atoms with Crippen molar-refractivity contribution in [3.8, 4) is 17.0 Å². The first-order valence-corrected chi connectivity index (χ1v) is 9.71. The summed E-state index contributed by atoms with van der Waals surface area (Å²) in [7, 11) is 1.06. The summed E-state index contributed by atoms with van der Waals surface area (Å²) >= 11 is 0. The molecule has 0 N–H and O–H groups in total. The van der Waals surface area contributed by atoms with Crippen LogP contribution in [-0.2, 0) is 15.7 Å². The molecule has 0 aliphatic carbocycles. The summed E-state index contributed by atoms with van der Waals surface area (Å²) in [6.45, 7) is 13.8. The van der Waals surface area contributed by atoms with Gasteiger partial charge in [-0.25, -0.2) is 0 Å². The molecule has 2 aromatic rings. The van der Waals surface area contributed by atoms with E-state index in [0.717, 1.165) is 11.0 Å². The fourth-order valence-corrected chi connectivity index (χ4v) is 3.23. The second-order valence-electron chi connectivity index (χ2n) is 9.32. The normalized spacial score (nSPS) is 19.9. The summed E-state index contributed by atoms with van der Waals surface area (Å²) in [6, 6.07) is 9.32. The van der Waals surface area contributed by atoms with Gasteiger partial charge in [-0.1, -0.05) is 32.9 Å². The predicted octanol–water partition coefficient (Wildman–Crippen LogP) is 4.65. The van der Waals surface area contributed by atoms with Crippen LogP contribution in [0.3, 0.4) is 0 Å². The average molecular weight is 383 g/mol. The summed E-state index contributed by atoms with van der Waals surface area (Å²) in [5, 5.41) is 0. The van der Waals surface area contributed by atoms with E-state index in [4.69, 9.17) is 16.8 Å². The zero-order chi connectivity index (χ0) is 22.5. The van der Waals surface area contributed by atoms with Crippen LogP contribution in [0.4, 0.5) is 0 Å². The molecule has 0 spiro atoms. The van der Waals surface area contributed by atoms with Gasteiger partial charge in [0.2, 0.25) is 0 Å². The Hall–Kier alpha value is -1.85. The van der Waals surface area contributed by atoms with Gasteiger partial charge in [0.25, 0.3) is 0 Å². The number of methoxy groups -OCH3 is 1. The van der Waals surface area contributed by atoms with Crippen molar-refractivity contribution in [1.82, 2.24) is 4.98 Å². The van der Waals surface area contributed by atoms with Crippen LogP contribution in [0.25, 0.3) is 11.3 Å². The Morgan fingerprint density at radius 1 is 1.11 bits per heavy atom. The molecule has 0 radical (unpaired) electrons. The van der Waals surface area contributed by atoms with Crippen molar-refractivity contribution in [2.45, 2.75) is 66.0 Å². The van der Waals surface area contributed by atoms with Crippen LogP contribution in [0.15, 0.2) is 36.5 Å². The van der Waals surface area contributed by atoms with E-state index in [0.29, 0.717) is 17.0 Å². The number of hydrogen-bond donors (Lipinski definition) is 0. The van der Waals surface area contributed by atoms with Crippen LogP contribution in [0.2, 0.25) is 0 Å². The maximum Gasteiger partial charge on any atom is 0.498 e. The summed E-state index contributed by atoms with van der Waals surface area (Å²) in [6.07, 6.45) is 0.135. The highest BCUT2D eigenvalue weighted by atomic mass is 16.7. The van der Waals surface area contributed by atoms with Crippen LogP contribution in [0, 0.1) is 5.41 Å². The van der Waals surface area contributed by atoms with E-state index in [1.54, 1.807) is 25.4 Å². The molecular weight excluding hydrogens is 349 g/mol. The average Bonchev–Trinajstić information content (AvgIpc) is 2.87. The third-order valence-corrected chi connectivity index (χ3v) is 5.31. The van der Waals surface area contributed by atoms with Gasteiger partial charge in [-0.15, -0.1) is 0 Å². The van der Waals surface area contributed by atoms with Crippen LogP contribution < -0.4 is 10.2 Å². The number of hydrogen-bond acceptors (Lipinski definition) is 4. The molecule has 1 aromatic heterocycles. The number of benzene rings is 1. The fraction of sp³-hybridized carbons (Fsp3) is 0.522. The van der Waals surface area contributed by atoms with E-state index in [1.807, 2.05) is 66.7 Å². The highest BCUT2D eigenvalue weighted by Gasteiger charge is 2.52. The zero-order valence-electron chi connectivity index (χ0n) is 20.2. The topological polar surface area (TPSA) is 40.6 Å². The lowest BCUT2D eigenvalue weighted by Crippen LogP contribution is -2.41. The summed E-state index contributed by atoms with van der Waals surface area (Å²) < 4.78 is 35.4. The number of aromatic nitrogens is 1. The van der Waals surface area contributed by atoms with E-state index >= 15 is 0 Å². The molecule has 0 atom stereocenters. The minimum absolute atomic E-state index is 0.459. The van der Waals surface area contributed by atoms with Gasteiger partial charge in [0.15, 0.2) is 0 Å². The van der Waals surface area contributed by atoms with Crippen molar-refractivity contribution in [2.75, 3.05) is 7.11 Å². The monoisotopic (exact) mass is 383 g/mol. The molecule has 0 unspecified atom stereocenters. The Kier molecular flexibility index (Phi) is 4.68. The molecule has 5 heteroatoms. The summed E-state index contributed by atoms with van der Waals surface area (Å²) in [4.78, 5) is 4.51. The molecule has 2 heterocycles. The Labute approximate surface area is 172 Å². The number of para-hydroxylation sites is 1. The molecule has 1 saturated heterocycles. The minimum Gasteiger partial charge on any atom is -0.496 e. The first kappa shape index (κ1) is 18.2. The molecule has 1 fully saturated rings. The number of nitrogens with zero attached hydrogens (tertiary/aromatic N) is 1. The molecule has 0 saturated carbocycles. The molecule has 150 valence electrons. The molecule has 0 bridgehead atoms. The van der Waals surface area contributed by atoms with Gasteiger partial charge in [0, 0.05) is 20.0 Å². The van der Waals surface area contributed by atoms with Crippen molar-refractivity contribution in [2.24, 2.45) is 5.41 Å². The van der Waals surface area contributed by atoms with Crippen molar-refractivity contribution in [3.63, 3.8) is 0 Å². The molecule has 28 heavy (non-hydrogen) atoms. The van der Waals surface area contributed by atoms with E-state index in [1.165, 1.54) is 0 Å². The second-order valence-corrected chi connectivity index (χ2v) is 9.32. The quantitative estimate of drug-likeness (QED) is 0.721. The number of pyridine rings is 1. The van der Waals surface area contributed by atoms with E-state index in [2.05, 4.69) is 4.98 Å². The highest BCUT2D eigenvalue weighted by molar-refractivity contribution is 6.63. The van der Waals surface area contributed by atoms with Gasteiger partial charge in [0.05, 0.1) is 24.0 Å². The van der Waals surface area contributed by atoms with Crippen LogP contribution in [0.1, 0.15) is 56.8 Å². The highest BCUT2D eigenvalue weighted by Crippen LogP contribution is 2.38. The Balaban J connectivity index is 2.08. The predicted molar refractivity (Wildman–Crippen MR) is 115 cm³/mol. The number of ether oxygens (including phenoxy) is 1. The van der Waals surface area contributed by atoms with Crippen molar-refractivity contribution >= 4 is 12.6 Å². The lowest BCUT2D eigenvalue weighted by atomic mass is 9.77. The Bertz CT molecular complexity index is 922. The SMILES string of the molecule is [2H]C([2H])(c1ccnc(-c2cccc(B3OC(C)(C)C(C)(C)O3)c2OC)c1)C(C)(C)C. The lowest BCUT2D eigenvalue weighted by Gasteiger charge is -2.32. The third kappa shape index (κ3) is 4.11. The second kappa shape index (κ2) is 7.20. The largest absolute Gasteiger partial charge is 0.498 e. The van der Waals surface area contributed by atoms with Crippen LogP contribution in [0.5, 0.6) is 5.75 Å². The van der Waals surface area contributed by atoms with Crippen molar-refractivity contribution in [3.05, 3.63) is 42.1 Å². The zero-order valence-corrected chi connectivity index (χ0v) is 18.2. The van der Waals surface area contributed by atoms with Gasteiger partial charge in [-0.05, 0) is 63.2 Å². The first-order chi connectivity index (χ1) is 13.7. The van der Waals surface area contributed by atoms with Gasteiger partial charge >= 0.3 is 7.12 Å². The lowest BCUT2D eigenvalue weighted by molar-refractivity contribution is 0.00578. The summed E-state index contributed by atoms with van der Waals surface area (Å²) in [5.74, 6) is 0.622. The molecular formula is C23H32BNO3. The first-order valence-electron chi connectivity index (χ1n) is 10.7. The fourth-order valence-electron chi connectivity index (χ4n) is 3.23. The van der Waals surface area contributed by atoms with Gasteiger partial charge in [-0.2, -0.15) is 0 Å².